The van der Waals surface area contributed by atoms with E-state index in [-0.39, 0.29) is 11.9 Å². The maximum atomic E-state index is 11.3. The Labute approximate surface area is 86.2 Å². The molecule has 1 unspecified atom stereocenters. The molecule has 0 spiro atoms. The Hall–Kier alpha value is -0.610. The minimum absolute atomic E-state index is 0.0712. The minimum atomic E-state index is -0.363. The molecule has 0 aliphatic rings. The molecule has 0 rings (SSSR count). The zero-order chi connectivity index (χ0) is 10.8. The van der Waals surface area contributed by atoms with Gasteiger partial charge in [0.2, 0.25) is 5.91 Å². The number of carbonyl (C=O) groups excluding carboxylic acids is 1. The first kappa shape index (κ1) is 13.4. The summed E-state index contributed by atoms with van der Waals surface area (Å²) in [5, 5.41) is 2.72. The molecule has 0 heterocycles. The highest BCUT2D eigenvalue weighted by atomic mass is 16.5. The SMILES string of the molecule is CCCCCC(N)C(=O)NCCOC. The number of carbonyl (C=O) groups is 1. The van der Waals surface area contributed by atoms with Crippen molar-refractivity contribution in [2.24, 2.45) is 5.73 Å². The van der Waals surface area contributed by atoms with Gasteiger partial charge in [0.05, 0.1) is 12.6 Å². The van der Waals surface area contributed by atoms with Crippen molar-refractivity contribution in [3.63, 3.8) is 0 Å². The molecule has 3 N–H and O–H groups in total. The molecule has 0 bridgehead atoms. The van der Waals surface area contributed by atoms with E-state index in [9.17, 15) is 4.79 Å². The van der Waals surface area contributed by atoms with Crippen LogP contribution in [0.4, 0.5) is 0 Å². The lowest BCUT2D eigenvalue weighted by Crippen LogP contribution is -2.41. The predicted octanol–water partition coefficient (Wildman–Crippen LogP) is 0.657. The van der Waals surface area contributed by atoms with Crippen molar-refractivity contribution in [1.29, 1.82) is 0 Å². The summed E-state index contributed by atoms with van der Waals surface area (Å²) in [5.41, 5.74) is 5.69. The number of rotatable bonds is 8. The molecule has 0 saturated carbocycles. The lowest BCUT2D eigenvalue weighted by Gasteiger charge is -2.11. The largest absolute Gasteiger partial charge is 0.383 e. The minimum Gasteiger partial charge on any atom is -0.383 e. The number of hydrogen-bond donors (Lipinski definition) is 2. The summed E-state index contributed by atoms with van der Waals surface area (Å²) >= 11 is 0. The second-order valence-electron chi connectivity index (χ2n) is 3.39. The highest BCUT2D eigenvalue weighted by Crippen LogP contribution is 2.01. The van der Waals surface area contributed by atoms with E-state index in [4.69, 9.17) is 10.5 Å². The van der Waals surface area contributed by atoms with E-state index in [0.29, 0.717) is 13.2 Å². The summed E-state index contributed by atoms with van der Waals surface area (Å²) in [6, 6.07) is -0.363. The van der Waals surface area contributed by atoms with Gasteiger partial charge in [-0.1, -0.05) is 26.2 Å². The highest BCUT2D eigenvalue weighted by Gasteiger charge is 2.11. The Morgan fingerprint density at radius 3 is 2.79 bits per heavy atom. The second kappa shape index (κ2) is 8.97. The van der Waals surface area contributed by atoms with Gasteiger partial charge in [-0.15, -0.1) is 0 Å². The fourth-order valence-corrected chi connectivity index (χ4v) is 1.15. The van der Waals surface area contributed by atoms with Crippen molar-refractivity contribution in [1.82, 2.24) is 5.32 Å². The van der Waals surface area contributed by atoms with Gasteiger partial charge in [0.15, 0.2) is 0 Å². The number of nitrogens with two attached hydrogens (primary N) is 1. The molecule has 0 aromatic heterocycles. The third-order valence-electron chi connectivity index (χ3n) is 2.06. The quantitative estimate of drug-likeness (QED) is 0.568. The molecule has 0 aromatic rings. The normalized spacial score (nSPS) is 12.5. The van der Waals surface area contributed by atoms with Crippen LogP contribution in [0.1, 0.15) is 32.6 Å². The molecular formula is C10H22N2O2. The van der Waals surface area contributed by atoms with E-state index in [0.717, 1.165) is 25.7 Å². The fraction of sp³-hybridized carbons (Fsp3) is 0.900. The molecule has 4 heteroatoms. The van der Waals surface area contributed by atoms with Crippen molar-refractivity contribution < 1.29 is 9.53 Å². The molecule has 0 radical (unpaired) electrons. The number of amides is 1. The van der Waals surface area contributed by atoms with Crippen molar-refractivity contribution in [2.45, 2.75) is 38.6 Å². The highest BCUT2D eigenvalue weighted by molar-refractivity contribution is 5.81. The van der Waals surface area contributed by atoms with Crippen LogP contribution in [-0.4, -0.2) is 32.2 Å². The van der Waals surface area contributed by atoms with Gasteiger partial charge >= 0.3 is 0 Å². The van der Waals surface area contributed by atoms with Gasteiger partial charge in [0, 0.05) is 13.7 Å². The number of hydrogen-bond acceptors (Lipinski definition) is 3. The summed E-state index contributed by atoms with van der Waals surface area (Å²) in [4.78, 5) is 11.3. The fourth-order valence-electron chi connectivity index (χ4n) is 1.15. The third-order valence-corrected chi connectivity index (χ3v) is 2.06. The zero-order valence-electron chi connectivity index (χ0n) is 9.21. The smallest absolute Gasteiger partial charge is 0.236 e. The van der Waals surface area contributed by atoms with Crippen molar-refractivity contribution in [3.05, 3.63) is 0 Å². The van der Waals surface area contributed by atoms with Gasteiger partial charge in [0.25, 0.3) is 0 Å². The van der Waals surface area contributed by atoms with Crippen LogP contribution in [0.2, 0.25) is 0 Å². The second-order valence-corrected chi connectivity index (χ2v) is 3.39. The van der Waals surface area contributed by atoms with E-state index < -0.39 is 0 Å². The summed E-state index contributed by atoms with van der Waals surface area (Å²) in [7, 11) is 1.60. The maximum Gasteiger partial charge on any atom is 0.236 e. The Kier molecular flexibility index (Phi) is 8.57. The lowest BCUT2D eigenvalue weighted by atomic mass is 10.1. The number of ether oxygens (including phenoxy) is 1. The van der Waals surface area contributed by atoms with Gasteiger partial charge in [-0.05, 0) is 6.42 Å². The van der Waals surface area contributed by atoms with Crippen LogP contribution in [0.5, 0.6) is 0 Å². The zero-order valence-corrected chi connectivity index (χ0v) is 9.21. The van der Waals surface area contributed by atoms with E-state index in [2.05, 4.69) is 12.2 Å². The molecule has 0 aromatic carbocycles. The van der Waals surface area contributed by atoms with Crippen LogP contribution in [-0.2, 0) is 9.53 Å². The van der Waals surface area contributed by atoms with Gasteiger partial charge in [0.1, 0.15) is 0 Å². The Morgan fingerprint density at radius 2 is 2.21 bits per heavy atom. The number of unbranched alkanes of at least 4 members (excludes halogenated alkanes) is 2. The van der Waals surface area contributed by atoms with Crippen LogP contribution in [0.15, 0.2) is 0 Å². The number of methoxy groups -OCH3 is 1. The molecule has 14 heavy (non-hydrogen) atoms. The monoisotopic (exact) mass is 202 g/mol. The molecule has 1 atom stereocenters. The summed E-state index contributed by atoms with van der Waals surface area (Å²) < 4.78 is 4.81. The first-order valence-electron chi connectivity index (χ1n) is 5.24. The Morgan fingerprint density at radius 1 is 1.50 bits per heavy atom. The van der Waals surface area contributed by atoms with E-state index >= 15 is 0 Å². The molecular weight excluding hydrogens is 180 g/mol. The molecule has 84 valence electrons. The van der Waals surface area contributed by atoms with Crippen molar-refractivity contribution in [3.8, 4) is 0 Å². The summed E-state index contributed by atoms with van der Waals surface area (Å²) in [5.74, 6) is -0.0712. The summed E-state index contributed by atoms with van der Waals surface area (Å²) in [6.07, 6.45) is 4.08. The first-order valence-corrected chi connectivity index (χ1v) is 5.24. The standard InChI is InChI=1S/C10H22N2O2/c1-3-4-5-6-9(11)10(13)12-7-8-14-2/h9H,3-8,11H2,1-2H3,(H,12,13). The van der Waals surface area contributed by atoms with Crippen LogP contribution in [0.25, 0.3) is 0 Å². The predicted molar refractivity (Wildman–Crippen MR) is 57.0 cm³/mol. The van der Waals surface area contributed by atoms with Crippen molar-refractivity contribution in [2.75, 3.05) is 20.3 Å². The van der Waals surface area contributed by atoms with Gasteiger partial charge < -0.3 is 15.8 Å². The molecule has 0 fully saturated rings. The van der Waals surface area contributed by atoms with Crippen LogP contribution >= 0.6 is 0 Å². The molecule has 0 saturated heterocycles. The molecule has 0 aliphatic heterocycles. The molecule has 4 nitrogen and oxygen atoms in total. The van der Waals surface area contributed by atoms with Gasteiger partial charge in [-0.25, -0.2) is 0 Å². The van der Waals surface area contributed by atoms with Crippen molar-refractivity contribution >= 4 is 5.91 Å². The molecule has 1 amide bonds. The maximum absolute atomic E-state index is 11.3. The summed E-state index contributed by atoms with van der Waals surface area (Å²) in [6.45, 7) is 3.20. The van der Waals surface area contributed by atoms with Gasteiger partial charge in [-0.2, -0.15) is 0 Å². The Bertz CT molecular complexity index is 151. The average Bonchev–Trinajstić information content (AvgIpc) is 2.18. The molecule has 0 aliphatic carbocycles. The van der Waals surface area contributed by atoms with Crippen LogP contribution < -0.4 is 11.1 Å². The first-order chi connectivity index (χ1) is 6.72. The van der Waals surface area contributed by atoms with E-state index in [1.807, 2.05) is 0 Å². The lowest BCUT2D eigenvalue weighted by molar-refractivity contribution is -0.122. The number of nitrogens with one attached hydrogen (secondary N) is 1. The van der Waals surface area contributed by atoms with Crippen LogP contribution in [0.3, 0.4) is 0 Å². The van der Waals surface area contributed by atoms with E-state index in [1.54, 1.807) is 7.11 Å². The third kappa shape index (κ3) is 6.86. The van der Waals surface area contributed by atoms with E-state index in [1.165, 1.54) is 0 Å². The van der Waals surface area contributed by atoms with Gasteiger partial charge in [-0.3, -0.25) is 4.79 Å². The Balaban J connectivity index is 3.44. The topological polar surface area (TPSA) is 64.4 Å². The average molecular weight is 202 g/mol. The van der Waals surface area contributed by atoms with Crippen LogP contribution in [0, 0.1) is 0 Å².